The zero-order chi connectivity index (χ0) is 15.5. The van der Waals surface area contributed by atoms with Gasteiger partial charge in [0, 0.05) is 13.2 Å². The summed E-state index contributed by atoms with van der Waals surface area (Å²) in [5.41, 5.74) is 5.54. The molecule has 19 heavy (non-hydrogen) atoms. The summed E-state index contributed by atoms with van der Waals surface area (Å²) in [4.78, 5) is 0. The van der Waals surface area contributed by atoms with Crippen LogP contribution in [0, 0.1) is 11.3 Å². The van der Waals surface area contributed by atoms with Crippen LogP contribution in [0.3, 0.4) is 0 Å². The Morgan fingerprint density at radius 1 is 1.00 bits per heavy atom. The molecule has 0 aromatic rings. The third-order valence-corrected chi connectivity index (χ3v) is 4.83. The molecule has 3 nitrogen and oxygen atoms in total. The molecule has 0 aromatic heterocycles. The number of nitrogens with two attached hydrogens (primary N) is 1. The fraction of sp³-hybridized carbons (Fsp3) is 1.00. The first kappa shape index (κ1) is 18.9. The highest BCUT2D eigenvalue weighted by Gasteiger charge is 2.42. The molecule has 2 N–H and O–H groups in total. The summed E-state index contributed by atoms with van der Waals surface area (Å²) in [7, 11) is 1.77. The Labute approximate surface area is 120 Å². The molecule has 2 atom stereocenters. The summed E-state index contributed by atoms with van der Waals surface area (Å²) >= 11 is 0. The summed E-state index contributed by atoms with van der Waals surface area (Å²) in [5.74, 6) is 0.398. The minimum Gasteiger partial charge on any atom is -0.378 e. The molecule has 2 unspecified atom stereocenters. The lowest BCUT2D eigenvalue weighted by atomic mass is 9.68. The van der Waals surface area contributed by atoms with Gasteiger partial charge in [0.2, 0.25) is 0 Å². The average molecular weight is 273 g/mol. The number of ether oxygens (including phenoxy) is 2. The van der Waals surface area contributed by atoms with Crippen LogP contribution in [0.25, 0.3) is 0 Å². The quantitative estimate of drug-likeness (QED) is 0.735. The van der Waals surface area contributed by atoms with E-state index < -0.39 is 0 Å². The van der Waals surface area contributed by atoms with Gasteiger partial charge in [-0.05, 0) is 52.4 Å². The van der Waals surface area contributed by atoms with Crippen LogP contribution in [0.5, 0.6) is 0 Å². The SMILES string of the molecule is COC(C)(C)C(C)(C)C(C)COC(C)(C)CC(C)N. The summed E-state index contributed by atoms with van der Waals surface area (Å²) in [6.45, 7) is 17.9. The van der Waals surface area contributed by atoms with Gasteiger partial charge >= 0.3 is 0 Å². The van der Waals surface area contributed by atoms with Crippen molar-refractivity contribution in [3.05, 3.63) is 0 Å². The maximum absolute atomic E-state index is 6.09. The maximum Gasteiger partial charge on any atom is 0.0676 e. The Balaban J connectivity index is 4.58. The van der Waals surface area contributed by atoms with Crippen molar-refractivity contribution in [2.45, 2.75) is 79.1 Å². The van der Waals surface area contributed by atoms with E-state index in [-0.39, 0.29) is 22.7 Å². The molecular weight excluding hydrogens is 238 g/mol. The third kappa shape index (κ3) is 5.41. The fourth-order valence-electron chi connectivity index (χ4n) is 2.25. The number of rotatable bonds is 8. The van der Waals surface area contributed by atoms with E-state index in [2.05, 4.69) is 48.5 Å². The van der Waals surface area contributed by atoms with Crippen LogP contribution in [0.15, 0.2) is 0 Å². The molecule has 0 saturated carbocycles. The largest absolute Gasteiger partial charge is 0.378 e. The highest BCUT2D eigenvalue weighted by Crippen LogP contribution is 2.40. The van der Waals surface area contributed by atoms with Gasteiger partial charge in [-0.2, -0.15) is 0 Å². The van der Waals surface area contributed by atoms with Crippen LogP contribution in [-0.2, 0) is 9.47 Å². The molecule has 0 heterocycles. The van der Waals surface area contributed by atoms with Gasteiger partial charge in [0.15, 0.2) is 0 Å². The van der Waals surface area contributed by atoms with E-state index in [1.54, 1.807) is 7.11 Å². The van der Waals surface area contributed by atoms with Gasteiger partial charge in [0.25, 0.3) is 0 Å². The molecule has 0 aliphatic carbocycles. The molecule has 0 aromatic carbocycles. The number of hydrogen-bond donors (Lipinski definition) is 1. The number of methoxy groups -OCH3 is 1. The predicted octanol–water partition coefficient (Wildman–Crippen LogP) is 3.61. The van der Waals surface area contributed by atoms with Crippen molar-refractivity contribution in [1.82, 2.24) is 0 Å². The Kier molecular flexibility index (Phi) is 6.51. The normalized spacial score (nSPS) is 17.4. The Hall–Kier alpha value is -0.120. The van der Waals surface area contributed by atoms with Crippen molar-refractivity contribution < 1.29 is 9.47 Å². The van der Waals surface area contributed by atoms with Crippen LogP contribution in [0.1, 0.15) is 61.8 Å². The van der Waals surface area contributed by atoms with E-state index in [9.17, 15) is 0 Å². The predicted molar refractivity (Wildman–Crippen MR) is 82.3 cm³/mol. The Morgan fingerprint density at radius 3 is 1.84 bits per heavy atom. The van der Waals surface area contributed by atoms with Crippen LogP contribution >= 0.6 is 0 Å². The molecule has 116 valence electrons. The molecule has 0 saturated heterocycles. The molecule has 0 rings (SSSR count). The van der Waals surface area contributed by atoms with Crippen molar-refractivity contribution in [2.24, 2.45) is 17.1 Å². The second-order valence-corrected chi connectivity index (χ2v) is 7.59. The Bertz CT molecular complexity index is 270. The number of hydrogen-bond acceptors (Lipinski definition) is 3. The van der Waals surface area contributed by atoms with Crippen LogP contribution in [0.2, 0.25) is 0 Å². The molecule has 0 aliphatic rings. The summed E-state index contributed by atoms with van der Waals surface area (Å²) < 4.78 is 11.7. The average Bonchev–Trinajstić information content (AvgIpc) is 2.23. The summed E-state index contributed by atoms with van der Waals surface area (Å²) in [5, 5.41) is 0. The van der Waals surface area contributed by atoms with Crippen molar-refractivity contribution in [1.29, 1.82) is 0 Å². The van der Waals surface area contributed by atoms with Gasteiger partial charge in [0.05, 0.1) is 17.8 Å². The zero-order valence-corrected chi connectivity index (χ0v) is 14.5. The second kappa shape index (κ2) is 6.55. The first-order chi connectivity index (χ1) is 8.35. The maximum atomic E-state index is 6.09. The van der Waals surface area contributed by atoms with E-state index >= 15 is 0 Å². The lowest BCUT2D eigenvalue weighted by Gasteiger charge is -2.45. The summed E-state index contributed by atoms with van der Waals surface area (Å²) in [6, 6.07) is 0.161. The monoisotopic (exact) mass is 273 g/mol. The first-order valence-corrected chi connectivity index (χ1v) is 7.30. The van der Waals surface area contributed by atoms with Gasteiger partial charge in [-0.1, -0.05) is 20.8 Å². The topological polar surface area (TPSA) is 44.5 Å². The van der Waals surface area contributed by atoms with Crippen molar-refractivity contribution in [3.8, 4) is 0 Å². The highest BCUT2D eigenvalue weighted by molar-refractivity contribution is 4.91. The molecule has 0 fully saturated rings. The molecule has 3 heteroatoms. The minimum absolute atomic E-state index is 0.0339. The second-order valence-electron chi connectivity index (χ2n) is 7.59. The minimum atomic E-state index is -0.179. The van der Waals surface area contributed by atoms with Crippen LogP contribution < -0.4 is 5.73 Å². The van der Waals surface area contributed by atoms with Crippen molar-refractivity contribution in [3.63, 3.8) is 0 Å². The Morgan fingerprint density at radius 2 is 1.47 bits per heavy atom. The lowest BCUT2D eigenvalue weighted by molar-refractivity contribution is -0.126. The van der Waals surface area contributed by atoms with Crippen LogP contribution in [0.4, 0.5) is 0 Å². The van der Waals surface area contributed by atoms with Crippen LogP contribution in [-0.4, -0.2) is 31.0 Å². The first-order valence-electron chi connectivity index (χ1n) is 7.30. The smallest absolute Gasteiger partial charge is 0.0676 e. The van der Waals surface area contributed by atoms with Gasteiger partial charge in [-0.3, -0.25) is 0 Å². The van der Waals surface area contributed by atoms with E-state index in [0.717, 1.165) is 13.0 Å². The van der Waals surface area contributed by atoms with Gasteiger partial charge in [-0.15, -0.1) is 0 Å². The molecule has 0 amide bonds. The molecule has 0 radical (unpaired) electrons. The van der Waals surface area contributed by atoms with Gasteiger partial charge in [0.1, 0.15) is 0 Å². The van der Waals surface area contributed by atoms with E-state index in [1.165, 1.54) is 0 Å². The molecular formula is C16H35NO2. The summed E-state index contributed by atoms with van der Waals surface area (Å²) in [6.07, 6.45) is 0.869. The zero-order valence-electron chi connectivity index (χ0n) is 14.5. The van der Waals surface area contributed by atoms with Gasteiger partial charge in [-0.25, -0.2) is 0 Å². The molecule has 0 bridgehead atoms. The van der Waals surface area contributed by atoms with E-state index in [4.69, 9.17) is 15.2 Å². The molecule has 0 spiro atoms. The lowest BCUT2D eigenvalue weighted by Crippen LogP contribution is -2.47. The standard InChI is InChI=1S/C16H35NO2/c1-12(15(5,6)16(7,8)18-9)11-19-14(3,4)10-13(2)17/h12-13H,10-11,17H2,1-9H3. The third-order valence-electron chi connectivity index (χ3n) is 4.83. The van der Waals surface area contributed by atoms with E-state index in [0.29, 0.717) is 5.92 Å². The van der Waals surface area contributed by atoms with Crippen molar-refractivity contribution >= 4 is 0 Å². The van der Waals surface area contributed by atoms with E-state index in [1.807, 2.05) is 6.92 Å². The van der Waals surface area contributed by atoms with Gasteiger partial charge < -0.3 is 15.2 Å². The fourth-order valence-corrected chi connectivity index (χ4v) is 2.25. The highest BCUT2D eigenvalue weighted by atomic mass is 16.5. The molecule has 0 aliphatic heterocycles. The van der Waals surface area contributed by atoms with Crippen molar-refractivity contribution in [2.75, 3.05) is 13.7 Å².